The molecule has 0 bridgehead atoms. The molecule has 0 fully saturated rings. The number of hydrogen-bond donors (Lipinski definition) is 0. The standard InChI is InChI=1S/C16H15Br2ClO/c1-2-9-20-15-8-5-12(10-14(15)17)16(18)11-3-6-13(19)7-4-11/h3-8,10,16H,2,9H2,1H3. The van der Waals surface area contributed by atoms with Gasteiger partial charge < -0.3 is 4.74 Å². The number of benzene rings is 2. The summed E-state index contributed by atoms with van der Waals surface area (Å²) in [4.78, 5) is 0.135. The molecule has 0 radical (unpaired) electrons. The summed E-state index contributed by atoms with van der Waals surface area (Å²) in [7, 11) is 0. The van der Waals surface area contributed by atoms with Gasteiger partial charge in [0.15, 0.2) is 0 Å². The normalized spacial score (nSPS) is 12.2. The number of ether oxygens (including phenoxy) is 1. The van der Waals surface area contributed by atoms with Crippen LogP contribution in [0.4, 0.5) is 0 Å². The van der Waals surface area contributed by atoms with Gasteiger partial charge in [0.2, 0.25) is 0 Å². The molecule has 2 aromatic carbocycles. The molecule has 1 nitrogen and oxygen atoms in total. The van der Waals surface area contributed by atoms with E-state index in [1.807, 2.05) is 30.3 Å². The Morgan fingerprint density at radius 2 is 1.75 bits per heavy atom. The van der Waals surface area contributed by atoms with E-state index in [-0.39, 0.29) is 4.83 Å². The summed E-state index contributed by atoms with van der Waals surface area (Å²) in [5.74, 6) is 0.881. The van der Waals surface area contributed by atoms with Gasteiger partial charge in [-0.25, -0.2) is 0 Å². The molecule has 4 heteroatoms. The lowest BCUT2D eigenvalue weighted by molar-refractivity contribution is 0.315. The molecule has 106 valence electrons. The average molecular weight is 419 g/mol. The van der Waals surface area contributed by atoms with Crippen molar-refractivity contribution in [2.24, 2.45) is 0 Å². The number of halogens is 3. The maximum absolute atomic E-state index is 5.92. The summed E-state index contributed by atoms with van der Waals surface area (Å²) in [5, 5.41) is 0.748. The van der Waals surface area contributed by atoms with Gasteiger partial charge in [0, 0.05) is 5.02 Å². The van der Waals surface area contributed by atoms with Gasteiger partial charge in [-0.3, -0.25) is 0 Å². The minimum Gasteiger partial charge on any atom is -0.492 e. The summed E-state index contributed by atoms with van der Waals surface area (Å²) in [6, 6.07) is 14.0. The van der Waals surface area contributed by atoms with Gasteiger partial charge in [0.1, 0.15) is 5.75 Å². The fourth-order valence-corrected chi connectivity index (χ4v) is 3.05. The Hall–Kier alpha value is -0.510. The van der Waals surface area contributed by atoms with E-state index < -0.39 is 0 Å². The Morgan fingerprint density at radius 1 is 1.10 bits per heavy atom. The summed E-state index contributed by atoms with van der Waals surface area (Å²) in [6.07, 6.45) is 1.00. The molecule has 0 heterocycles. The fraction of sp³-hybridized carbons (Fsp3) is 0.250. The van der Waals surface area contributed by atoms with Crippen molar-refractivity contribution in [2.45, 2.75) is 18.2 Å². The number of hydrogen-bond acceptors (Lipinski definition) is 1. The van der Waals surface area contributed by atoms with Crippen LogP contribution < -0.4 is 4.74 Å². The van der Waals surface area contributed by atoms with Crippen molar-refractivity contribution in [3.63, 3.8) is 0 Å². The largest absolute Gasteiger partial charge is 0.492 e. The molecule has 20 heavy (non-hydrogen) atoms. The summed E-state index contributed by atoms with van der Waals surface area (Å²) in [5.41, 5.74) is 2.34. The average Bonchev–Trinajstić information content (AvgIpc) is 2.46. The van der Waals surface area contributed by atoms with Crippen LogP contribution in [0.2, 0.25) is 5.02 Å². The van der Waals surface area contributed by atoms with Crippen LogP contribution in [0.25, 0.3) is 0 Å². The highest BCUT2D eigenvalue weighted by atomic mass is 79.9. The highest BCUT2D eigenvalue weighted by Gasteiger charge is 2.12. The van der Waals surface area contributed by atoms with Gasteiger partial charge in [0.25, 0.3) is 0 Å². The lowest BCUT2D eigenvalue weighted by Gasteiger charge is -2.13. The molecule has 0 saturated heterocycles. The lowest BCUT2D eigenvalue weighted by atomic mass is 10.0. The third-order valence-electron chi connectivity index (χ3n) is 2.87. The van der Waals surface area contributed by atoms with Crippen molar-refractivity contribution in [1.82, 2.24) is 0 Å². The molecule has 1 unspecified atom stereocenters. The van der Waals surface area contributed by atoms with Crippen molar-refractivity contribution >= 4 is 43.5 Å². The lowest BCUT2D eigenvalue weighted by Crippen LogP contribution is -1.97. The SMILES string of the molecule is CCCOc1ccc(C(Br)c2ccc(Cl)cc2)cc1Br. The van der Waals surface area contributed by atoms with Crippen LogP contribution in [0.15, 0.2) is 46.9 Å². The van der Waals surface area contributed by atoms with E-state index in [0.717, 1.165) is 28.3 Å². The van der Waals surface area contributed by atoms with E-state index in [4.69, 9.17) is 16.3 Å². The molecule has 0 aliphatic heterocycles. The molecule has 0 saturated carbocycles. The quantitative estimate of drug-likeness (QED) is 0.512. The third-order valence-corrected chi connectivity index (χ3v) is 4.80. The first-order valence-corrected chi connectivity index (χ1v) is 8.52. The number of alkyl halides is 1. The van der Waals surface area contributed by atoms with Crippen molar-refractivity contribution in [1.29, 1.82) is 0 Å². The van der Waals surface area contributed by atoms with E-state index in [1.165, 1.54) is 11.1 Å². The molecule has 0 spiro atoms. The van der Waals surface area contributed by atoms with Gasteiger partial charge in [0.05, 0.1) is 15.9 Å². The minimum atomic E-state index is 0.135. The monoisotopic (exact) mass is 416 g/mol. The van der Waals surface area contributed by atoms with Gasteiger partial charge >= 0.3 is 0 Å². The first-order valence-electron chi connectivity index (χ1n) is 6.43. The Kier molecular flexibility index (Phi) is 5.94. The van der Waals surface area contributed by atoms with Crippen molar-refractivity contribution < 1.29 is 4.74 Å². The van der Waals surface area contributed by atoms with E-state index in [2.05, 4.69) is 50.9 Å². The Bertz CT molecular complexity index is 569. The third kappa shape index (κ3) is 4.00. The molecule has 0 N–H and O–H groups in total. The summed E-state index contributed by atoms with van der Waals surface area (Å²) in [6.45, 7) is 2.82. The zero-order chi connectivity index (χ0) is 14.5. The maximum atomic E-state index is 5.92. The molecule has 1 atom stereocenters. The molecule has 2 aromatic rings. The maximum Gasteiger partial charge on any atom is 0.133 e. The Balaban J connectivity index is 2.20. The smallest absolute Gasteiger partial charge is 0.133 e. The number of rotatable bonds is 5. The zero-order valence-corrected chi connectivity index (χ0v) is 15.0. The van der Waals surface area contributed by atoms with E-state index in [1.54, 1.807) is 0 Å². The van der Waals surface area contributed by atoms with E-state index in [0.29, 0.717) is 0 Å². The molecular weight excluding hydrogens is 403 g/mol. The van der Waals surface area contributed by atoms with E-state index >= 15 is 0 Å². The first kappa shape index (κ1) is 15.9. The second kappa shape index (κ2) is 7.48. The van der Waals surface area contributed by atoms with Gasteiger partial charge in [-0.2, -0.15) is 0 Å². The van der Waals surface area contributed by atoms with Crippen LogP contribution in [0.3, 0.4) is 0 Å². The van der Waals surface area contributed by atoms with Crippen molar-refractivity contribution in [3.05, 3.63) is 63.1 Å². The Morgan fingerprint density at radius 3 is 2.35 bits per heavy atom. The predicted octanol–water partition coefficient (Wildman–Crippen LogP) is 6.38. The second-order valence-electron chi connectivity index (χ2n) is 4.45. The Labute approximate surface area is 141 Å². The van der Waals surface area contributed by atoms with Crippen LogP contribution in [-0.4, -0.2) is 6.61 Å². The fourth-order valence-electron chi connectivity index (χ4n) is 1.83. The predicted molar refractivity (Wildman–Crippen MR) is 92.2 cm³/mol. The van der Waals surface area contributed by atoms with E-state index in [9.17, 15) is 0 Å². The highest BCUT2D eigenvalue weighted by Crippen LogP contribution is 2.35. The zero-order valence-electron chi connectivity index (χ0n) is 11.1. The summed E-state index contributed by atoms with van der Waals surface area (Å²) >= 11 is 13.2. The molecule has 0 aromatic heterocycles. The first-order chi connectivity index (χ1) is 9.61. The minimum absolute atomic E-state index is 0.135. The van der Waals surface area contributed by atoms with Crippen LogP contribution in [0.5, 0.6) is 5.75 Å². The van der Waals surface area contributed by atoms with Crippen molar-refractivity contribution in [2.75, 3.05) is 6.61 Å². The van der Waals surface area contributed by atoms with Gasteiger partial charge in [-0.15, -0.1) is 0 Å². The van der Waals surface area contributed by atoms with Crippen LogP contribution >= 0.6 is 43.5 Å². The van der Waals surface area contributed by atoms with Gasteiger partial charge in [-0.05, 0) is 57.7 Å². The van der Waals surface area contributed by atoms with Crippen LogP contribution in [-0.2, 0) is 0 Å². The molecule has 2 rings (SSSR count). The topological polar surface area (TPSA) is 9.23 Å². The molecule has 0 aliphatic rings. The van der Waals surface area contributed by atoms with Crippen LogP contribution in [0.1, 0.15) is 29.3 Å². The van der Waals surface area contributed by atoms with Crippen molar-refractivity contribution in [3.8, 4) is 5.75 Å². The van der Waals surface area contributed by atoms with Gasteiger partial charge in [-0.1, -0.05) is 52.7 Å². The molecule has 0 aliphatic carbocycles. The van der Waals surface area contributed by atoms with Crippen LogP contribution in [0, 0.1) is 0 Å². The summed E-state index contributed by atoms with van der Waals surface area (Å²) < 4.78 is 6.64. The second-order valence-corrected chi connectivity index (χ2v) is 6.66. The highest BCUT2D eigenvalue weighted by molar-refractivity contribution is 9.10. The molecule has 0 amide bonds. The molecular formula is C16H15Br2ClO.